The molecule has 4 heterocycles. The summed E-state index contributed by atoms with van der Waals surface area (Å²) in [6.07, 6.45) is 3.46. The molecule has 6 aromatic rings. The number of aliphatic carboxylic acids is 1. The van der Waals surface area contributed by atoms with Crippen molar-refractivity contribution in [2.24, 2.45) is 5.41 Å². The number of anilines is 2. The van der Waals surface area contributed by atoms with E-state index in [0.717, 1.165) is 44.6 Å². The van der Waals surface area contributed by atoms with E-state index in [2.05, 4.69) is 55.6 Å². The van der Waals surface area contributed by atoms with Crippen LogP contribution in [0.25, 0.3) is 44.7 Å². The molecule has 0 saturated carbocycles. The molecule has 0 radical (unpaired) electrons. The summed E-state index contributed by atoms with van der Waals surface area (Å²) in [6.45, 7) is 10.3. The van der Waals surface area contributed by atoms with Crippen molar-refractivity contribution in [2.45, 2.75) is 53.3 Å². The Morgan fingerprint density at radius 3 is 2.54 bits per heavy atom. The van der Waals surface area contributed by atoms with Crippen molar-refractivity contribution in [1.29, 1.82) is 5.26 Å². The van der Waals surface area contributed by atoms with Crippen molar-refractivity contribution in [3.8, 4) is 28.7 Å². The minimum Gasteiger partial charge on any atom is -0.481 e. The maximum Gasteiger partial charge on any atom is 0.310 e. The van der Waals surface area contributed by atoms with Crippen LogP contribution in [0.4, 0.5) is 11.5 Å². The highest BCUT2D eigenvalue weighted by Crippen LogP contribution is 2.38. The Morgan fingerprint density at radius 1 is 1.04 bits per heavy atom. The Kier molecular flexibility index (Phi) is 9.42. The first kappa shape index (κ1) is 34.7. The van der Waals surface area contributed by atoms with E-state index in [9.17, 15) is 20.3 Å². The van der Waals surface area contributed by atoms with Gasteiger partial charge in [-0.3, -0.25) is 14.7 Å². The predicted molar refractivity (Wildman–Crippen MR) is 199 cm³/mol. The molecule has 264 valence electrons. The van der Waals surface area contributed by atoms with Crippen LogP contribution in [0, 0.1) is 30.6 Å². The number of rotatable bonds is 11. The summed E-state index contributed by atoms with van der Waals surface area (Å²) in [5.74, 6) is 0.234. The van der Waals surface area contributed by atoms with Crippen molar-refractivity contribution in [1.82, 2.24) is 30.2 Å². The van der Waals surface area contributed by atoms with Crippen LogP contribution in [0.15, 0.2) is 71.5 Å². The van der Waals surface area contributed by atoms with Gasteiger partial charge in [-0.1, -0.05) is 24.3 Å². The maximum atomic E-state index is 11.8. The summed E-state index contributed by atoms with van der Waals surface area (Å²) in [4.78, 5) is 32.4. The molecule has 0 spiro atoms. The molecule has 2 unspecified atom stereocenters. The Bertz CT molecular complexity index is 2360. The quantitative estimate of drug-likeness (QED) is 0.116. The number of nitrogens with zero attached hydrogens (tertiary/aromatic N) is 6. The smallest absolute Gasteiger partial charge is 0.310 e. The molecule has 3 aromatic heterocycles. The second kappa shape index (κ2) is 14.1. The van der Waals surface area contributed by atoms with E-state index in [1.807, 2.05) is 49.4 Å². The van der Waals surface area contributed by atoms with Crippen molar-refractivity contribution in [3.05, 3.63) is 94.9 Å². The van der Waals surface area contributed by atoms with Crippen LogP contribution in [0.1, 0.15) is 48.1 Å². The van der Waals surface area contributed by atoms with Crippen LogP contribution in [-0.2, 0) is 17.9 Å². The third kappa shape index (κ3) is 6.81. The third-order valence-corrected chi connectivity index (χ3v) is 9.89. The minimum atomic E-state index is -0.787. The van der Waals surface area contributed by atoms with Gasteiger partial charge in [0.05, 0.1) is 22.6 Å². The zero-order chi connectivity index (χ0) is 36.6. The van der Waals surface area contributed by atoms with Gasteiger partial charge in [0.15, 0.2) is 11.4 Å². The van der Waals surface area contributed by atoms with Crippen molar-refractivity contribution >= 4 is 39.6 Å². The second-order valence-corrected chi connectivity index (χ2v) is 13.9. The first-order valence-corrected chi connectivity index (χ1v) is 17.3. The van der Waals surface area contributed by atoms with Crippen molar-refractivity contribution in [3.63, 3.8) is 0 Å². The fourth-order valence-electron chi connectivity index (χ4n) is 6.95. The summed E-state index contributed by atoms with van der Waals surface area (Å²) in [7, 11) is 0. The fourth-order valence-corrected chi connectivity index (χ4v) is 6.95. The number of carboxylic acid groups (broad SMARTS) is 1. The highest BCUT2D eigenvalue weighted by molar-refractivity contribution is 5.89. The molecule has 0 aliphatic carbocycles. The van der Waals surface area contributed by atoms with E-state index in [0.29, 0.717) is 78.5 Å². The topological polar surface area (TPSA) is 173 Å². The maximum absolute atomic E-state index is 11.8. The number of fused-ring (bicyclic) bond motifs is 2. The van der Waals surface area contributed by atoms with E-state index in [4.69, 9.17) is 9.40 Å². The molecule has 3 aromatic carbocycles. The number of benzene rings is 3. The Morgan fingerprint density at radius 2 is 1.79 bits per heavy atom. The zero-order valence-electron chi connectivity index (χ0n) is 29.6. The summed E-state index contributed by atoms with van der Waals surface area (Å²) in [5, 5.41) is 35.9. The molecular formula is C40H40N8O4. The Hall–Kier alpha value is -5.74. The summed E-state index contributed by atoms with van der Waals surface area (Å²) < 4.78 is 6.28. The standard InChI is InChI=1S/C40H40N8O4/c1-23(49)17-42-18-27-15-33-35(43-19-27)37(45-22-44-33)46-32-10-6-8-30(25(32)3)29-7-5-9-31(24(29)2)38-47-34-14-26(13-28(16-41)36(34)52-38)20-48-12-11-40(4,21-48)39(50)51/h5-10,13-15,19,22-23,42,49H,11-12,17-18,20-21H2,1-4H3,(H,50,51)(H,44,45,46). The number of aliphatic hydroxyl groups is 1. The number of likely N-dealkylation sites (tertiary alicyclic amines) is 1. The SMILES string of the molecule is Cc1c(Nc2ncnc3cc(CNCC(C)O)cnc23)cccc1-c1cccc(-c2nc3cc(CN4CCC(C)(C(=O)O)C4)cc(C#N)c3o2)c1C. The number of hydrogen-bond donors (Lipinski definition) is 4. The summed E-state index contributed by atoms with van der Waals surface area (Å²) in [5.41, 5.74) is 9.58. The van der Waals surface area contributed by atoms with Gasteiger partial charge in [-0.15, -0.1) is 0 Å². The van der Waals surface area contributed by atoms with Crippen LogP contribution in [0.5, 0.6) is 0 Å². The number of oxazole rings is 1. The lowest BCUT2D eigenvalue weighted by atomic mass is 9.90. The van der Waals surface area contributed by atoms with Gasteiger partial charge in [0, 0.05) is 43.6 Å². The van der Waals surface area contributed by atoms with Crippen LogP contribution >= 0.6 is 0 Å². The van der Waals surface area contributed by atoms with E-state index in [-0.39, 0.29) is 0 Å². The molecule has 1 fully saturated rings. The molecule has 12 nitrogen and oxygen atoms in total. The number of hydrogen-bond acceptors (Lipinski definition) is 11. The highest BCUT2D eigenvalue weighted by Gasteiger charge is 2.40. The molecule has 12 heteroatoms. The monoisotopic (exact) mass is 696 g/mol. The Labute approximate surface area is 301 Å². The van der Waals surface area contributed by atoms with E-state index in [1.54, 1.807) is 20.0 Å². The highest BCUT2D eigenvalue weighted by atomic mass is 16.4. The summed E-state index contributed by atoms with van der Waals surface area (Å²) >= 11 is 0. The first-order chi connectivity index (χ1) is 25.0. The number of aliphatic hydroxyl groups excluding tert-OH is 1. The molecule has 1 saturated heterocycles. The average molecular weight is 697 g/mol. The van der Waals surface area contributed by atoms with E-state index < -0.39 is 17.5 Å². The van der Waals surface area contributed by atoms with Gasteiger partial charge >= 0.3 is 5.97 Å². The molecule has 1 aliphatic heterocycles. The average Bonchev–Trinajstić information content (AvgIpc) is 3.73. The fraction of sp³-hybridized carbons (Fsp3) is 0.300. The Balaban J connectivity index is 1.16. The summed E-state index contributed by atoms with van der Waals surface area (Å²) in [6, 6.07) is 20.1. The number of nitriles is 1. The molecule has 7 rings (SSSR count). The molecule has 0 bridgehead atoms. The van der Waals surface area contributed by atoms with Gasteiger partial charge in [0.25, 0.3) is 0 Å². The van der Waals surface area contributed by atoms with Gasteiger partial charge < -0.3 is 25.3 Å². The van der Waals surface area contributed by atoms with Gasteiger partial charge in [-0.25, -0.2) is 15.0 Å². The van der Waals surface area contributed by atoms with E-state index >= 15 is 0 Å². The number of carboxylic acids is 1. The first-order valence-electron chi connectivity index (χ1n) is 17.3. The number of nitrogens with one attached hydrogen (secondary N) is 2. The lowest BCUT2D eigenvalue weighted by molar-refractivity contribution is -0.147. The largest absolute Gasteiger partial charge is 0.481 e. The second-order valence-electron chi connectivity index (χ2n) is 13.9. The van der Waals surface area contributed by atoms with Crippen LogP contribution < -0.4 is 10.6 Å². The lowest BCUT2D eigenvalue weighted by Crippen LogP contribution is -2.31. The van der Waals surface area contributed by atoms with Gasteiger partial charge in [-0.05, 0) is 104 Å². The van der Waals surface area contributed by atoms with Crippen LogP contribution in [0.3, 0.4) is 0 Å². The molecule has 1 aliphatic rings. The van der Waals surface area contributed by atoms with E-state index in [1.165, 1.54) is 6.33 Å². The molecule has 0 amide bonds. The number of carbonyl (C=O) groups is 1. The van der Waals surface area contributed by atoms with Gasteiger partial charge in [0.2, 0.25) is 5.89 Å². The molecule has 2 atom stereocenters. The number of aromatic nitrogens is 4. The lowest BCUT2D eigenvalue weighted by Gasteiger charge is -2.20. The third-order valence-electron chi connectivity index (χ3n) is 9.89. The molecule has 52 heavy (non-hydrogen) atoms. The van der Waals surface area contributed by atoms with Crippen LogP contribution in [-0.4, -0.2) is 66.8 Å². The number of pyridine rings is 1. The zero-order valence-corrected chi connectivity index (χ0v) is 29.6. The normalized spacial score (nSPS) is 16.7. The van der Waals surface area contributed by atoms with Crippen molar-refractivity contribution < 1.29 is 19.4 Å². The molecular weight excluding hydrogens is 656 g/mol. The van der Waals surface area contributed by atoms with Gasteiger partial charge in [0.1, 0.15) is 23.4 Å². The predicted octanol–water partition coefficient (Wildman–Crippen LogP) is 6.50. The molecule has 4 N–H and O–H groups in total. The van der Waals surface area contributed by atoms with Crippen molar-refractivity contribution in [2.75, 3.05) is 25.0 Å². The van der Waals surface area contributed by atoms with Crippen LogP contribution in [0.2, 0.25) is 0 Å². The minimum absolute atomic E-state index is 0.394. The van der Waals surface area contributed by atoms with Gasteiger partial charge in [-0.2, -0.15) is 5.26 Å².